The molecule has 1 saturated heterocycles. The second kappa shape index (κ2) is 6.94. The van der Waals surface area contributed by atoms with Crippen LogP contribution in [0.2, 0.25) is 0 Å². The van der Waals surface area contributed by atoms with E-state index in [0.29, 0.717) is 13.1 Å². The third-order valence-electron chi connectivity index (χ3n) is 5.63. The van der Waals surface area contributed by atoms with E-state index < -0.39 is 17.5 Å². The second-order valence-corrected chi connectivity index (χ2v) is 10.3. The summed E-state index contributed by atoms with van der Waals surface area (Å²) in [7, 11) is 1.65. The van der Waals surface area contributed by atoms with Crippen LogP contribution in [0.3, 0.4) is 0 Å². The Labute approximate surface area is 158 Å². The lowest BCUT2D eigenvalue weighted by molar-refractivity contribution is 0.0764. The standard InChI is InChI=1S/C19H28N2O4S/c1-18(2,3)26(24)20-16-15-6-5-14(25-4)11-13(15)12-19(16)7-9-21(10-8-19)17(22)23/h5-6,11,16,20H,7-10,12H2,1-4H3,(H,22,23)/t16-,26?/m1/s1. The van der Waals surface area contributed by atoms with Gasteiger partial charge >= 0.3 is 6.09 Å². The molecule has 1 amide bonds. The van der Waals surface area contributed by atoms with E-state index in [0.717, 1.165) is 30.6 Å². The van der Waals surface area contributed by atoms with Crippen molar-refractivity contribution in [2.45, 2.75) is 50.8 Å². The Bertz CT molecular complexity index is 681. The average Bonchev–Trinajstić information content (AvgIpc) is 2.86. The smallest absolute Gasteiger partial charge is 0.407 e. The number of piperidine rings is 1. The van der Waals surface area contributed by atoms with Gasteiger partial charge in [-0.25, -0.2) is 4.79 Å². The van der Waals surface area contributed by atoms with Gasteiger partial charge in [-0.1, -0.05) is 6.07 Å². The van der Waals surface area contributed by atoms with Gasteiger partial charge in [-0.2, -0.15) is 0 Å². The normalized spacial score (nSPS) is 23.0. The van der Waals surface area contributed by atoms with Crippen molar-refractivity contribution in [3.05, 3.63) is 29.3 Å². The Balaban J connectivity index is 1.91. The molecule has 3 rings (SSSR count). The van der Waals surface area contributed by atoms with Gasteiger partial charge in [0.2, 0.25) is 0 Å². The predicted octanol–water partition coefficient (Wildman–Crippen LogP) is 3.10. The van der Waals surface area contributed by atoms with E-state index in [1.165, 1.54) is 10.5 Å². The van der Waals surface area contributed by atoms with Crippen molar-refractivity contribution in [3.63, 3.8) is 0 Å². The number of fused-ring (bicyclic) bond motifs is 1. The van der Waals surface area contributed by atoms with E-state index in [-0.39, 0.29) is 16.2 Å². The molecule has 0 saturated carbocycles. The highest BCUT2D eigenvalue weighted by molar-refractivity contribution is 7.90. The molecule has 1 aromatic carbocycles. The molecule has 144 valence electrons. The minimum atomic E-state index is -1.20. The van der Waals surface area contributed by atoms with Crippen molar-refractivity contribution in [2.24, 2.45) is 5.41 Å². The summed E-state index contributed by atoms with van der Waals surface area (Å²) in [6.07, 6.45) is 1.51. The number of nitrogens with zero attached hydrogens (tertiary/aromatic N) is 1. The molecule has 1 aliphatic carbocycles. The Hall–Kier alpha value is -1.44. The Kier molecular flexibility index (Phi) is 5.16. The molecule has 0 bridgehead atoms. The molecule has 0 aromatic heterocycles. The van der Waals surface area contributed by atoms with Crippen molar-refractivity contribution in [3.8, 4) is 5.75 Å². The van der Waals surface area contributed by atoms with Crippen LogP contribution in [0, 0.1) is 5.41 Å². The van der Waals surface area contributed by atoms with Crippen molar-refractivity contribution >= 4 is 17.5 Å². The first-order valence-electron chi connectivity index (χ1n) is 8.99. The lowest BCUT2D eigenvalue weighted by Gasteiger charge is -2.43. The maximum Gasteiger partial charge on any atom is 0.407 e. The first-order valence-corrected chi connectivity index (χ1v) is 10.1. The molecular formula is C19H28N2O4S. The molecule has 1 unspecified atom stereocenters. The van der Waals surface area contributed by atoms with Crippen molar-refractivity contribution in [1.29, 1.82) is 0 Å². The van der Waals surface area contributed by atoms with Crippen LogP contribution in [0.15, 0.2) is 18.2 Å². The summed E-state index contributed by atoms with van der Waals surface area (Å²) in [4.78, 5) is 12.8. The van der Waals surface area contributed by atoms with Gasteiger partial charge in [-0.3, -0.25) is 0 Å². The summed E-state index contributed by atoms with van der Waals surface area (Å²) < 4.78 is 21.2. The van der Waals surface area contributed by atoms with Crippen LogP contribution < -0.4 is 9.46 Å². The number of carbonyl (C=O) groups is 1. The van der Waals surface area contributed by atoms with Gasteiger partial charge in [0.15, 0.2) is 0 Å². The first-order chi connectivity index (χ1) is 12.2. The van der Waals surface area contributed by atoms with Crippen molar-refractivity contribution in [2.75, 3.05) is 20.2 Å². The van der Waals surface area contributed by atoms with Gasteiger partial charge < -0.3 is 19.3 Å². The molecule has 1 heterocycles. The average molecular weight is 381 g/mol. The van der Waals surface area contributed by atoms with Crippen LogP contribution in [-0.4, -0.2) is 45.6 Å². The number of carboxylic acid groups (broad SMARTS) is 1. The fourth-order valence-electron chi connectivity index (χ4n) is 4.04. The lowest BCUT2D eigenvalue weighted by Crippen LogP contribution is -2.50. The minimum absolute atomic E-state index is 0.0422. The monoisotopic (exact) mass is 380 g/mol. The Morgan fingerprint density at radius 1 is 1.38 bits per heavy atom. The van der Waals surface area contributed by atoms with Crippen LogP contribution in [-0.2, 0) is 17.8 Å². The topological polar surface area (TPSA) is 84.9 Å². The number of rotatable bonds is 3. The van der Waals surface area contributed by atoms with Gasteiger partial charge in [-0.05, 0) is 63.3 Å². The van der Waals surface area contributed by atoms with E-state index in [1.807, 2.05) is 26.8 Å². The summed E-state index contributed by atoms with van der Waals surface area (Å²) in [5.41, 5.74) is 2.25. The van der Waals surface area contributed by atoms with Crippen LogP contribution in [0.5, 0.6) is 5.75 Å². The summed E-state index contributed by atoms with van der Waals surface area (Å²) >= 11 is -1.20. The van der Waals surface area contributed by atoms with E-state index in [1.54, 1.807) is 7.11 Å². The fourth-order valence-corrected chi connectivity index (χ4v) is 4.98. The molecule has 7 heteroatoms. The zero-order chi connectivity index (χ0) is 19.1. The molecule has 2 aliphatic rings. The van der Waals surface area contributed by atoms with Gasteiger partial charge in [0.05, 0.1) is 13.2 Å². The van der Waals surface area contributed by atoms with Crippen LogP contribution in [0.25, 0.3) is 0 Å². The molecule has 2 atom stereocenters. The van der Waals surface area contributed by atoms with E-state index in [2.05, 4.69) is 16.9 Å². The van der Waals surface area contributed by atoms with Gasteiger partial charge in [0.25, 0.3) is 0 Å². The maximum atomic E-state index is 12.8. The van der Waals surface area contributed by atoms with Crippen molar-refractivity contribution < 1.29 is 19.2 Å². The van der Waals surface area contributed by atoms with Crippen molar-refractivity contribution in [1.82, 2.24) is 9.62 Å². The number of nitrogens with one attached hydrogen (secondary N) is 1. The fraction of sp³-hybridized carbons (Fsp3) is 0.632. The first kappa shape index (κ1) is 19.3. The Morgan fingerprint density at radius 3 is 2.58 bits per heavy atom. The van der Waals surface area contributed by atoms with Crippen LogP contribution in [0.1, 0.15) is 50.8 Å². The maximum absolute atomic E-state index is 12.8. The quantitative estimate of drug-likeness (QED) is 0.787. The van der Waals surface area contributed by atoms with Crippen LogP contribution in [0.4, 0.5) is 4.79 Å². The van der Waals surface area contributed by atoms with Gasteiger partial charge in [0, 0.05) is 29.9 Å². The number of ether oxygens (including phenoxy) is 1. The molecule has 2 N–H and O–H groups in total. The predicted molar refractivity (Wildman–Crippen MR) is 102 cm³/mol. The molecular weight excluding hydrogens is 352 g/mol. The van der Waals surface area contributed by atoms with E-state index >= 15 is 0 Å². The zero-order valence-electron chi connectivity index (χ0n) is 15.9. The summed E-state index contributed by atoms with van der Waals surface area (Å²) in [5, 5.41) is 9.27. The molecule has 1 spiro atoms. The van der Waals surface area contributed by atoms with E-state index in [9.17, 15) is 14.5 Å². The molecule has 6 nitrogen and oxygen atoms in total. The number of likely N-dealkylation sites (tertiary alicyclic amines) is 1. The lowest BCUT2D eigenvalue weighted by atomic mass is 9.73. The SMILES string of the molecule is COc1ccc2c(c1)CC1(CCN(C(=O)O)CC1)[C@@H]2N[S+]([O-])C(C)(C)C. The third kappa shape index (κ3) is 3.52. The molecule has 1 aliphatic heterocycles. The molecule has 0 radical (unpaired) electrons. The Morgan fingerprint density at radius 2 is 2.04 bits per heavy atom. The summed E-state index contributed by atoms with van der Waals surface area (Å²) in [6.45, 7) is 6.90. The largest absolute Gasteiger partial charge is 0.598 e. The molecule has 1 aromatic rings. The highest BCUT2D eigenvalue weighted by Gasteiger charge is 2.51. The number of methoxy groups -OCH3 is 1. The third-order valence-corrected chi connectivity index (χ3v) is 7.19. The number of benzene rings is 1. The van der Waals surface area contributed by atoms with Gasteiger partial charge in [0.1, 0.15) is 10.5 Å². The summed E-state index contributed by atoms with van der Waals surface area (Å²) in [5.74, 6) is 0.819. The highest BCUT2D eigenvalue weighted by atomic mass is 32.2. The number of hydrogen-bond acceptors (Lipinski definition) is 4. The number of amides is 1. The van der Waals surface area contributed by atoms with Crippen LogP contribution >= 0.6 is 0 Å². The van der Waals surface area contributed by atoms with E-state index in [4.69, 9.17) is 4.74 Å². The zero-order valence-corrected chi connectivity index (χ0v) is 16.7. The molecule has 26 heavy (non-hydrogen) atoms. The second-order valence-electron chi connectivity index (χ2n) is 8.31. The number of hydrogen-bond donors (Lipinski definition) is 2. The highest BCUT2D eigenvalue weighted by Crippen LogP contribution is 2.53. The van der Waals surface area contributed by atoms with Gasteiger partial charge in [-0.15, -0.1) is 4.72 Å². The minimum Gasteiger partial charge on any atom is -0.598 e. The molecule has 1 fully saturated rings. The summed E-state index contributed by atoms with van der Waals surface area (Å²) in [6, 6.07) is 6.02.